The quantitative estimate of drug-likeness (QED) is 0.170. The molecule has 0 bridgehead atoms. The lowest BCUT2D eigenvalue weighted by Crippen LogP contribution is -2.30. The van der Waals surface area contributed by atoms with E-state index in [-0.39, 0.29) is 5.41 Å². The third kappa shape index (κ3) is 5.61. The summed E-state index contributed by atoms with van der Waals surface area (Å²) in [5.74, 6) is 0.681. The maximum Gasteiger partial charge on any atom is 0.137 e. The van der Waals surface area contributed by atoms with Crippen LogP contribution in [0.1, 0.15) is 86.8 Å². The van der Waals surface area contributed by atoms with E-state index in [0.29, 0.717) is 5.92 Å². The third-order valence-electron chi connectivity index (χ3n) is 11.8. The van der Waals surface area contributed by atoms with Crippen LogP contribution in [0.3, 0.4) is 0 Å². The third-order valence-corrected chi connectivity index (χ3v) is 11.8. The normalized spacial score (nSPS) is 16.5. The fraction of sp³-hybridized carbons (Fsp3) is 0.250. The Morgan fingerprint density at radius 1 is 0.500 bits per heavy atom. The molecule has 9 rings (SSSR count). The Bertz CT molecular complexity index is 2200. The number of benzene rings is 6. The number of rotatable bonds is 7. The van der Waals surface area contributed by atoms with Crippen LogP contribution in [-0.2, 0) is 5.41 Å². The number of nitrogens with zero attached hydrogens (tertiary/aromatic N) is 1. The van der Waals surface area contributed by atoms with Gasteiger partial charge in [0.1, 0.15) is 11.2 Å². The Labute approximate surface area is 296 Å². The SMILES string of the molecule is c1ccc(-c2cccc3oc4cc(N(c5ccc(C6CCCCC6)cc5)c5ccc(C6(c7ccccc7)CCCCC6)cc5)ccc4c23)cc1. The van der Waals surface area contributed by atoms with Crippen LogP contribution in [0.15, 0.2) is 150 Å². The van der Waals surface area contributed by atoms with Gasteiger partial charge in [0.15, 0.2) is 0 Å². The predicted molar refractivity (Wildman–Crippen MR) is 210 cm³/mol. The molecule has 2 aliphatic rings. The van der Waals surface area contributed by atoms with Gasteiger partial charge in [0.2, 0.25) is 0 Å². The molecule has 0 saturated heterocycles. The van der Waals surface area contributed by atoms with Crippen molar-refractivity contribution in [2.75, 3.05) is 4.90 Å². The molecule has 1 heterocycles. The molecule has 1 aromatic heterocycles. The van der Waals surface area contributed by atoms with Crippen LogP contribution >= 0.6 is 0 Å². The zero-order valence-electron chi connectivity index (χ0n) is 28.9. The summed E-state index contributed by atoms with van der Waals surface area (Å²) in [6.45, 7) is 0. The van der Waals surface area contributed by atoms with Gasteiger partial charge in [0, 0.05) is 39.3 Å². The molecule has 0 N–H and O–H groups in total. The molecular formula is C48H45NO. The van der Waals surface area contributed by atoms with Crippen LogP contribution in [-0.4, -0.2) is 0 Å². The van der Waals surface area contributed by atoms with Gasteiger partial charge in [-0.1, -0.05) is 136 Å². The van der Waals surface area contributed by atoms with Crippen LogP contribution < -0.4 is 4.90 Å². The molecule has 0 atom stereocenters. The fourth-order valence-corrected chi connectivity index (χ4v) is 9.18. The second-order valence-corrected chi connectivity index (χ2v) is 14.6. The summed E-state index contributed by atoms with van der Waals surface area (Å²) in [6, 6.07) is 54.0. The molecule has 6 aromatic carbocycles. The van der Waals surface area contributed by atoms with E-state index < -0.39 is 0 Å². The van der Waals surface area contributed by atoms with Crippen LogP contribution in [0.4, 0.5) is 17.1 Å². The molecule has 0 radical (unpaired) electrons. The summed E-state index contributed by atoms with van der Waals surface area (Å²) in [4.78, 5) is 2.41. The van der Waals surface area contributed by atoms with Crippen molar-refractivity contribution in [1.29, 1.82) is 0 Å². The summed E-state index contributed by atoms with van der Waals surface area (Å²) in [5.41, 5.74) is 12.1. The highest BCUT2D eigenvalue weighted by molar-refractivity contribution is 6.13. The first-order valence-electron chi connectivity index (χ1n) is 18.8. The molecule has 2 fully saturated rings. The van der Waals surface area contributed by atoms with Crippen molar-refractivity contribution in [2.45, 2.75) is 75.5 Å². The van der Waals surface area contributed by atoms with E-state index in [4.69, 9.17) is 4.42 Å². The molecule has 50 heavy (non-hydrogen) atoms. The Morgan fingerprint density at radius 3 is 1.84 bits per heavy atom. The van der Waals surface area contributed by atoms with E-state index in [1.54, 1.807) is 0 Å². The highest BCUT2D eigenvalue weighted by atomic mass is 16.3. The van der Waals surface area contributed by atoms with Crippen molar-refractivity contribution in [3.8, 4) is 11.1 Å². The first kappa shape index (κ1) is 30.9. The molecule has 2 aliphatic carbocycles. The number of fused-ring (bicyclic) bond motifs is 3. The summed E-state index contributed by atoms with van der Waals surface area (Å²) in [5, 5.41) is 2.32. The van der Waals surface area contributed by atoms with Crippen LogP contribution in [0.2, 0.25) is 0 Å². The van der Waals surface area contributed by atoms with E-state index in [1.807, 2.05) is 0 Å². The number of hydrogen-bond donors (Lipinski definition) is 0. The van der Waals surface area contributed by atoms with Gasteiger partial charge in [-0.15, -0.1) is 0 Å². The van der Waals surface area contributed by atoms with E-state index in [1.165, 1.54) is 109 Å². The van der Waals surface area contributed by atoms with Gasteiger partial charge in [0.25, 0.3) is 0 Å². The Morgan fingerprint density at radius 2 is 1.12 bits per heavy atom. The van der Waals surface area contributed by atoms with E-state index in [0.717, 1.165) is 22.2 Å². The second kappa shape index (κ2) is 13.3. The van der Waals surface area contributed by atoms with E-state index in [9.17, 15) is 0 Å². The molecule has 0 amide bonds. The number of furan rings is 1. The number of hydrogen-bond acceptors (Lipinski definition) is 2. The monoisotopic (exact) mass is 651 g/mol. The zero-order valence-corrected chi connectivity index (χ0v) is 28.9. The zero-order chi connectivity index (χ0) is 33.3. The lowest BCUT2D eigenvalue weighted by atomic mass is 9.65. The minimum absolute atomic E-state index is 0.0775. The van der Waals surface area contributed by atoms with Gasteiger partial charge in [-0.25, -0.2) is 0 Å². The van der Waals surface area contributed by atoms with Crippen molar-refractivity contribution in [1.82, 2.24) is 0 Å². The smallest absolute Gasteiger partial charge is 0.137 e. The van der Waals surface area contributed by atoms with Crippen molar-refractivity contribution in [3.05, 3.63) is 162 Å². The van der Waals surface area contributed by atoms with Gasteiger partial charge >= 0.3 is 0 Å². The maximum atomic E-state index is 6.61. The number of anilines is 3. The van der Waals surface area contributed by atoms with Crippen LogP contribution in [0.25, 0.3) is 33.1 Å². The molecule has 2 heteroatoms. The highest BCUT2D eigenvalue weighted by Crippen LogP contribution is 2.47. The molecule has 2 saturated carbocycles. The van der Waals surface area contributed by atoms with Crippen LogP contribution in [0, 0.1) is 0 Å². The lowest BCUT2D eigenvalue weighted by Gasteiger charge is -2.39. The molecule has 248 valence electrons. The van der Waals surface area contributed by atoms with E-state index >= 15 is 0 Å². The maximum absolute atomic E-state index is 6.61. The average molecular weight is 652 g/mol. The summed E-state index contributed by atoms with van der Waals surface area (Å²) in [7, 11) is 0. The minimum atomic E-state index is 0.0775. The van der Waals surface area contributed by atoms with Crippen molar-refractivity contribution in [2.24, 2.45) is 0 Å². The van der Waals surface area contributed by atoms with Crippen LogP contribution in [0.5, 0.6) is 0 Å². The average Bonchev–Trinajstić information content (AvgIpc) is 3.58. The standard InChI is InChI=1S/C48H45NO/c1-5-14-35(15-6-1)36-22-26-40(27-23-36)49(41-28-24-39(25-29-41)48(32-11-4-12-33-48)38-18-9-3-10-19-38)42-30-31-44-46(34-42)50-45-21-13-20-43(47(44)45)37-16-7-2-8-17-37/h2-3,7-10,13,16-31,34-35H,1,4-6,11-12,14-15,32-33H2. The fourth-order valence-electron chi connectivity index (χ4n) is 9.18. The molecule has 7 aromatic rings. The largest absolute Gasteiger partial charge is 0.456 e. The van der Waals surface area contributed by atoms with Gasteiger partial charge in [0.05, 0.1) is 0 Å². The summed E-state index contributed by atoms with van der Waals surface area (Å²) < 4.78 is 6.61. The van der Waals surface area contributed by atoms with Crippen molar-refractivity contribution >= 4 is 39.0 Å². The first-order valence-corrected chi connectivity index (χ1v) is 18.8. The molecule has 2 nitrogen and oxygen atoms in total. The Hall–Kier alpha value is -5.08. The van der Waals surface area contributed by atoms with E-state index in [2.05, 4.69) is 150 Å². The molecule has 0 aliphatic heterocycles. The second-order valence-electron chi connectivity index (χ2n) is 14.6. The van der Waals surface area contributed by atoms with Gasteiger partial charge in [-0.05, 0) is 102 Å². The Balaban J connectivity index is 1.14. The lowest BCUT2D eigenvalue weighted by molar-refractivity contribution is 0.346. The van der Waals surface area contributed by atoms with Gasteiger partial charge in [-0.3, -0.25) is 0 Å². The summed E-state index contributed by atoms with van der Waals surface area (Å²) >= 11 is 0. The summed E-state index contributed by atoms with van der Waals surface area (Å²) in [6.07, 6.45) is 13.0. The molecular weight excluding hydrogens is 607 g/mol. The minimum Gasteiger partial charge on any atom is -0.456 e. The van der Waals surface area contributed by atoms with Crippen molar-refractivity contribution in [3.63, 3.8) is 0 Å². The predicted octanol–water partition coefficient (Wildman–Crippen LogP) is 14.0. The Kier molecular flexibility index (Phi) is 8.25. The molecule has 0 unspecified atom stereocenters. The van der Waals surface area contributed by atoms with Gasteiger partial charge < -0.3 is 9.32 Å². The molecule has 0 spiro atoms. The topological polar surface area (TPSA) is 16.4 Å². The van der Waals surface area contributed by atoms with Gasteiger partial charge in [-0.2, -0.15) is 0 Å². The first-order chi connectivity index (χ1) is 24.8. The highest BCUT2D eigenvalue weighted by Gasteiger charge is 2.35. The van der Waals surface area contributed by atoms with Crippen molar-refractivity contribution < 1.29 is 4.42 Å².